The fourth-order valence-electron chi connectivity index (χ4n) is 3.44. The highest BCUT2D eigenvalue weighted by molar-refractivity contribution is 7.17. The van der Waals surface area contributed by atoms with Gasteiger partial charge in [-0.25, -0.2) is 24.5 Å². The average Bonchev–Trinajstić information content (AvgIpc) is 3.28. The Bertz CT molecular complexity index is 1120. The number of piperazine rings is 1. The Morgan fingerprint density at radius 3 is 2.61 bits per heavy atom. The first-order valence-electron chi connectivity index (χ1n) is 10.5. The number of aromatic nitrogens is 3. The summed E-state index contributed by atoms with van der Waals surface area (Å²) in [6, 6.07) is 10.8. The number of carboxylic acid groups (broad SMARTS) is 1. The van der Waals surface area contributed by atoms with Gasteiger partial charge in [-0.2, -0.15) is 0 Å². The number of carboxylic acids is 1. The van der Waals surface area contributed by atoms with Gasteiger partial charge in [0.1, 0.15) is 28.9 Å². The van der Waals surface area contributed by atoms with Gasteiger partial charge in [0.05, 0.1) is 11.8 Å². The normalized spacial score (nSPS) is 14.2. The number of benzene rings is 1. The van der Waals surface area contributed by atoms with E-state index < -0.39 is 5.97 Å². The Kier molecular flexibility index (Phi) is 7.10. The van der Waals surface area contributed by atoms with Gasteiger partial charge in [-0.15, -0.1) is 0 Å². The van der Waals surface area contributed by atoms with E-state index >= 15 is 0 Å². The molecule has 2 N–H and O–H groups in total. The lowest BCUT2D eigenvalue weighted by Crippen LogP contribution is -2.47. The molecule has 10 nitrogen and oxygen atoms in total. The highest BCUT2D eigenvalue weighted by atomic mass is 32.1. The third-order valence-electron chi connectivity index (χ3n) is 5.12. The minimum Gasteiger partial charge on any atom is -0.477 e. The first-order chi connectivity index (χ1) is 16.0. The quantitative estimate of drug-likeness (QED) is 0.477. The van der Waals surface area contributed by atoms with Gasteiger partial charge in [0.25, 0.3) is 0 Å². The van der Waals surface area contributed by atoms with Gasteiger partial charge in [-0.3, -0.25) is 4.90 Å². The molecule has 0 atom stereocenters. The van der Waals surface area contributed by atoms with Gasteiger partial charge in [-0.1, -0.05) is 29.5 Å². The fourth-order valence-corrected chi connectivity index (χ4v) is 4.11. The predicted octanol–water partition coefficient (Wildman–Crippen LogP) is 2.66. The van der Waals surface area contributed by atoms with Crippen LogP contribution in [0.25, 0.3) is 0 Å². The van der Waals surface area contributed by atoms with Crippen molar-refractivity contribution in [2.24, 2.45) is 0 Å². The Morgan fingerprint density at radius 1 is 1.15 bits per heavy atom. The molecule has 1 aromatic carbocycles. The van der Waals surface area contributed by atoms with E-state index in [1.807, 2.05) is 31.2 Å². The van der Waals surface area contributed by atoms with Crippen LogP contribution >= 0.6 is 11.3 Å². The molecule has 0 spiro atoms. The summed E-state index contributed by atoms with van der Waals surface area (Å²) in [5.74, 6) is 0.670. The largest absolute Gasteiger partial charge is 0.477 e. The van der Waals surface area contributed by atoms with E-state index in [0.29, 0.717) is 35.5 Å². The Hall–Kier alpha value is -3.57. The summed E-state index contributed by atoms with van der Waals surface area (Å²) in [7, 11) is 0. The molecular formula is C22H24N6O4S. The van der Waals surface area contributed by atoms with E-state index in [1.54, 1.807) is 12.1 Å². The molecule has 1 fully saturated rings. The van der Waals surface area contributed by atoms with Crippen LogP contribution in [0.1, 0.15) is 25.9 Å². The Balaban J connectivity index is 1.28. The summed E-state index contributed by atoms with van der Waals surface area (Å²) in [6.07, 6.45) is 1.32. The zero-order valence-electron chi connectivity index (χ0n) is 18.1. The maximum atomic E-state index is 12.1. The van der Waals surface area contributed by atoms with E-state index in [9.17, 15) is 9.59 Å². The fraction of sp³-hybridized carbons (Fsp3) is 0.318. The standard InChI is InChI=1S/C22H24N6O4S/c1-15-24-18(26-22-23-14-17(33-22)20(29)30)13-19(25-15)28-9-7-27(8-10-28)11-12-32-21(31)16-5-3-2-4-6-16/h2-6,13-14H,7-12H2,1H3,(H,29,30)(H,23,24,25,26). The van der Waals surface area contributed by atoms with Crippen molar-refractivity contribution in [1.29, 1.82) is 0 Å². The van der Waals surface area contributed by atoms with Crippen molar-refractivity contribution in [3.05, 3.63) is 58.9 Å². The van der Waals surface area contributed by atoms with E-state index in [2.05, 4.69) is 30.1 Å². The molecule has 172 valence electrons. The first kappa shape index (κ1) is 22.6. The van der Waals surface area contributed by atoms with E-state index in [-0.39, 0.29) is 10.8 Å². The molecule has 4 rings (SSSR count). The number of ether oxygens (including phenoxy) is 1. The summed E-state index contributed by atoms with van der Waals surface area (Å²) in [5.41, 5.74) is 0.558. The van der Waals surface area contributed by atoms with Crippen LogP contribution in [0, 0.1) is 6.92 Å². The molecule has 0 unspecified atom stereocenters. The molecule has 3 heterocycles. The second-order valence-corrected chi connectivity index (χ2v) is 8.48. The molecule has 1 aliphatic heterocycles. The molecule has 0 saturated carbocycles. The molecule has 0 amide bonds. The maximum absolute atomic E-state index is 12.1. The maximum Gasteiger partial charge on any atom is 0.347 e. The van der Waals surface area contributed by atoms with Crippen LogP contribution in [0.15, 0.2) is 42.6 Å². The lowest BCUT2D eigenvalue weighted by Gasteiger charge is -2.35. The van der Waals surface area contributed by atoms with Crippen molar-refractivity contribution in [1.82, 2.24) is 19.9 Å². The monoisotopic (exact) mass is 468 g/mol. The molecule has 0 radical (unpaired) electrons. The molecule has 0 aliphatic carbocycles. The van der Waals surface area contributed by atoms with Crippen molar-refractivity contribution in [2.45, 2.75) is 6.92 Å². The van der Waals surface area contributed by atoms with Crippen molar-refractivity contribution < 1.29 is 19.4 Å². The van der Waals surface area contributed by atoms with Gasteiger partial charge >= 0.3 is 11.9 Å². The van der Waals surface area contributed by atoms with Crippen LogP contribution in [0.3, 0.4) is 0 Å². The molecule has 2 aromatic heterocycles. The van der Waals surface area contributed by atoms with Gasteiger partial charge in [0.15, 0.2) is 5.13 Å². The second kappa shape index (κ2) is 10.4. The van der Waals surface area contributed by atoms with E-state index in [1.165, 1.54) is 6.20 Å². The van der Waals surface area contributed by atoms with Crippen molar-refractivity contribution in [3.63, 3.8) is 0 Å². The van der Waals surface area contributed by atoms with Crippen molar-refractivity contribution in [2.75, 3.05) is 49.5 Å². The first-order valence-corrected chi connectivity index (χ1v) is 11.3. The number of aromatic carboxylic acids is 1. The van der Waals surface area contributed by atoms with Gasteiger partial charge in [0, 0.05) is 38.8 Å². The lowest BCUT2D eigenvalue weighted by atomic mass is 10.2. The molecule has 0 bridgehead atoms. The van der Waals surface area contributed by atoms with Crippen LogP contribution < -0.4 is 10.2 Å². The average molecular weight is 469 g/mol. The lowest BCUT2D eigenvalue weighted by molar-refractivity contribution is 0.0458. The predicted molar refractivity (Wildman–Crippen MR) is 125 cm³/mol. The summed E-state index contributed by atoms with van der Waals surface area (Å²) in [4.78, 5) is 40.7. The number of thiazole rings is 1. The van der Waals surface area contributed by atoms with Crippen LogP contribution in [-0.2, 0) is 4.74 Å². The summed E-state index contributed by atoms with van der Waals surface area (Å²) in [5, 5.41) is 12.6. The number of aryl methyl sites for hydroxylation is 1. The number of rotatable bonds is 8. The number of carbonyl (C=O) groups excluding carboxylic acids is 1. The molecular weight excluding hydrogens is 444 g/mol. The van der Waals surface area contributed by atoms with Crippen LogP contribution in [0.5, 0.6) is 0 Å². The van der Waals surface area contributed by atoms with Gasteiger partial charge < -0.3 is 20.1 Å². The van der Waals surface area contributed by atoms with E-state index in [4.69, 9.17) is 9.84 Å². The van der Waals surface area contributed by atoms with Gasteiger partial charge in [-0.05, 0) is 19.1 Å². The Labute approximate surface area is 194 Å². The number of hydrogen-bond donors (Lipinski definition) is 2. The van der Waals surface area contributed by atoms with Crippen LogP contribution in [-0.4, -0.2) is 76.2 Å². The second-order valence-electron chi connectivity index (χ2n) is 7.45. The highest BCUT2D eigenvalue weighted by Gasteiger charge is 2.20. The van der Waals surface area contributed by atoms with Crippen molar-refractivity contribution >= 4 is 40.0 Å². The number of esters is 1. The minimum absolute atomic E-state index is 0.161. The zero-order valence-corrected chi connectivity index (χ0v) is 18.9. The third kappa shape index (κ3) is 6.02. The smallest absolute Gasteiger partial charge is 0.347 e. The van der Waals surface area contributed by atoms with Crippen LogP contribution in [0.4, 0.5) is 16.8 Å². The highest BCUT2D eigenvalue weighted by Crippen LogP contribution is 2.24. The number of anilines is 3. The number of carbonyl (C=O) groups is 2. The summed E-state index contributed by atoms with van der Waals surface area (Å²) < 4.78 is 5.38. The zero-order chi connectivity index (χ0) is 23.2. The van der Waals surface area contributed by atoms with Crippen LogP contribution in [0.2, 0.25) is 0 Å². The molecule has 1 aliphatic rings. The topological polar surface area (TPSA) is 121 Å². The van der Waals surface area contributed by atoms with E-state index in [0.717, 1.165) is 43.3 Å². The number of nitrogens with one attached hydrogen (secondary N) is 1. The SMILES string of the molecule is Cc1nc(Nc2ncc(C(=O)O)s2)cc(N2CCN(CCOC(=O)c3ccccc3)CC2)n1. The molecule has 11 heteroatoms. The number of hydrogen-bond acceptors (Lipinski definition) is 10. The molecule has 3 aromatic rings. The summed E-state index contributed by atoms with van der Waals surface area (Å²) >= 11 is 1.05. The molecule has 1 saturated heterocycles. The summed E-state index contributed by atoms with van der Waals surface area (Å²) in [6.45, 7) is 6.05. The number of nitrogens with zero attached hydrogens (tertiary/aromatic N) is 5. The van der Waals surface area contributed by atoms with Crippen molar-refractivity contribution in [3.8, 4) is 0 Å². The Morgan fingerprint density at radius 2 is 1.91 bits per heavy atom. The van der Waals surface area contributed by atoms with Gasteiger partial charge in [0.2, 0.25) is 0 Å². The minimum atomic E-state index is -1.01. The third-order valence-corrected chi connectivity index (χ3v) is 6.02. The molecule has 33 heavy (non-hydrogen) atoms.